The van der Waals surface area contributed by atoms with E-state index in [9.17, 15) is 4.79 Å². The lowest BCUT2D eigenvalue weighted by Crippen LogP contribution is -2.48. The number of amides is 1. The summed E-state index contributed by atoms with van der Waals surface area (Å²) in [4.78, 5) is 16.8. The van der Waals surface area contributed by atoms with Crippen molar-refractivity contribution in [2.75, 3.05) is 38.0 Å². The maximum Gasteiger partial charge on any atom is 0.238 e. The Kier molecular flexibility index (Phi) is 6.48. The molecule has 1 saturated heterocycles. The third-order valence-corrected chi connectivity index (χ3v) is 5.44. The molecule has 25 heavy (non-hydrogen) atoms. The monoisotopic (exact) mass is 421 g/mol. The molecule has 0 aliphatic carbocycles. The van der Waals surface area contributed by atoms with Crippen molar-refractivity contribution in [3.63, 3.8) is 0 Å². The molecule has 0 saturated carbocycles. The molecular weight excluding hydrogens is 402 g/mol. The molecule has 6 heteroatoms. The van der Waals surface area contributed by atoms with Crippen molar-refractivity contribution in [1.29, 1.82) is 0 Å². The summed E-state index contributed by atoms with van der Waals surface area (Å²) in [6.07, 6.45) is 0. The van der Waals surface area contributed by atoms with Crippen LogP contribution in [0.4, 0.5) is 5.69 Å². The summed E-state index contributed by atoms with van der Waals surface area (Å²) in [5.41, 5.74) is 1.97. The van der Waals surface area contributed by atoms with Crippen molar-refractivity contribution in [2.24, 2.45) is 0 Å². The minimum atomic E-state index is -0.0210. The van der Waals surface area contributed by atoms with E-state index in [2.05, 4.69) is 49.2 Å². The zero-order valence-electron chi connectivity index (χ0n) is 13.9. The van der Waals surface area contributed by atoms with Gasteiger partial charge in [0.25, 0.3) is 0 Å². The molecule has 1 amide bonds. The van der Waals surface area contributed by atoms with Crippen LogP contribution < -0.4 is 5.32 Å². The predicted octanol–water partition coefficient (Wildman–Crippen LogP) is 3.86. The Labute approximate surface area is 161 Å². The van der Waals surface area contributed by atoms with E-state index in [4.69, 9.17) is 11.6 Å². The van der Waals surface area contributed by atoms with Crippen LogP contribution in [0, 0.1) is 0 Å². The smallest absolute Gasteiger partial charge is 0.238 e. The van der Waals surface area contributed by atoms with E-state index in [1.54, 1.807) is 6.07 Å². The van der Waals surface area contributed by atoms with E-state index < -0.39 is 0 Å². The third-order valence-electron chi connectivity index (χ3n) is 4.33. The maximum atomic E-state index is 12.2. The Morgan fingerprint density at radius 2 is 1.64 bits per heavy atom. The number of benzene rings is 2. The fourth-order valence-electron chi connectivity index (χ4n) is 2.93. The Balaban J connectivity index is 1.45. The zero-order chi connectivity index (χ0) is 17.6. The van der Waals surface area contributed by atoms with Crippen LogP contribution in [0.1, 0.15) is 5.56 Å². The quantitative estimate of drug-likeness (QED) is 0.795. The lowest BCUT2D eigenvalue weighted by molar-refractivity contribution is -0.117. The van der Waals surface area contributed by atoms with Gasteiger partial charge in [0, 0.05) is 37.2 Å². The van der Waals surface area contributed by atoms with Crippen LogP contribution in [-0.2, 0) is 11.3 Å². The Morgan fingerprint density at radius 1 is 1.00 bits per heavy atom. The van der Waals surface area contributed by atoms with Crippen molar-refractivity contribution in [3.8, 4) is 0 Å². The van der Waals surface area contributed by atoms with E-state index >= 15 is 0 Å². The number of nitrogens with zero attached hydrogens (tertiary/aromatic N) is 2. The molecule has 0 atom stereocenters. The van der Waals surface area contributed by atoms with Gasteiger partial charge in [-0.05, 0) is 23.8 Å². The number of piperazine rings is 1. The molecule has 0 bridgehead atoms. The van der Waals surface area contributed by atoms with Crippen molar-refractivity contribution in [1.82, 2.24) is 9.80 Å². The van der Waals surface area contributed by atoms with Gasteiger partial charge in [0.15, 0.2) is 0 Å². The molecule has 0 spiro atoms. The SMILES string of the molecule is O=C(CN1CCN(Cc2ccccc2Br)CC1)Nc1ccccc1Cl. The molecule has 3 rings (SSSR count). The van der Waals surface area contributed by atoms with Gasteiger partial charge in [-0.3, -0.25) is 14.6 Å². The second-order valence-corrected chi connectivity index (χ2v) is 7.43. The van der Waals surface area contributed by atoms with Crippen LogP contribution in [0.5, 0.6) is 0 Å². The molecule has 1 N–H and O–H groups in total. The van der Waals surface area contributed by atoms with Gasteiger partial charge in [-0.15, -0.1) is 0 Å². The van der Waals surface area contributed by atoms with Crippen LogP contribution in [0.2, 0.25) is 5.02 Å². The third kappa shape index (κ3) is 5.28. The molecular formula is C19H21BrClN3O. The van der Waals surface area contributed by atoms with Gasteiger partial charge in [0.2, 0.25) is 5.91 Å². The topological polar surface area (TPSA) is 35.6 Å². The second-order valence-electron chi connectivity index (χ2n) is 6.17. The van der Waals surface area contributed by atoms with Gasteiger partial charge < -0.3 is 5.32 Å². The van der Waals surface area contributed by atoms with E-state index in [-0.39, 0.29) is 5.91 Å². The van der Waals surface area contributed by atoms with E-state index in [1.807, 2.05) is 24.3 Å². The van der Waals surface area contributed by atoms with Crippen LogP contribution >= 0.6 is 27.5 Å². The average Bonchev–Trinajstić information content (AvgIpc) is 2.61. The van der Waals surface area contributed by atoms with Crippen LogP contribution in [0.25, 0.3) is 0 Å². The number of rotatable bonds is 5. The van der Waals surface area contributed by atoms with Crippen molar-refractivity contribution >= 4 is 39.1 Å². The first-order valence-corrected chi connectivity index (χ1v) is 9.51. The zero-order valence-corrected chi connectivity index (χ0v) is 16.3. The van der Waals surface area contributed by atoms with Gasteiger partial charge >= 0.3 is 0 Å². The number of para-hydroxylation sites is 1. The van der Waals surface area contributed by atoms with Gasteiger partial charge in [-0.1, -0.05) is 57.9 Å². The summed E-state index contributed by atoms with van der Waals surface area (Å²) >= 11 is 9.69. The van der Waals surface area contributed by atoms with Crippen LogP contribution in [0.15, 0.2) is 53.0 Å². The number of halogens is 2. The first-order chi connectivity index (χ1) is 12.1. The molecule has 0 radical (unpaired) electrons. The summed E-state index contributed by atoms with van der Waals surface area (Å²) in [6, 6.07) is 15.6. The normalized spacial score (nSPS) is 15.9. The lowest BCUT2D eigenvalue weighted by atomic mass is 10.2. The van der Waals surface area contributed by atoms with Crippen LogP contribution in [0.3, 0.4) is 0 Å². The highest BCUT2D eigenvalue weighted by Gasteiger charge is 2.19. The molecule has 1 fully saturated rings. The number of anilines is 1. The molecule has 2 aromatic carbocycles. The number of hydrogen-bond acceptors (Lipinski definition) is 3. The fourth-order valence-corrected chi connectivity index (χ4v) is 3.52. The minimum absolute atomic E-state index is 0.0210. The Hall–Kier alpha value is -1.40. The molecule has 132 valence electrons. The number of carbonyl (C=O) groups excluding carboxylic acids is 1. The highest BCUT2D eigenvalue weighted by molar-refractivity contribution is 9.10. The van der Waals surface area contributed by atoms with Gasteiger partial charge in [0.05, 0.1) is 17.3 Å². The highest BCUT2D eigenvalue weighted by Crippen LogP contribution is 2.21. The summed E-state index contributed by atoms with van der Waals surface area (Å²) in [5, 5.41) is 3.45. The Morgan fingerprint density at radius 3 is 2.36 bits per heavy atom. The van der Waals surface area contributed by atoms with Crippen molar-refractivity contribution in [3.05, 3.63) is 63.6 Å². The summed E-state index contributed by atoms with van der Waals surface area (Å²) in [7, 11) is 0. The van der Waals surface area contributed by atoms with Gasteiger partial charge in [-0.2, -0.15) is 0 Å². The van der Waals surface area contributed by atoms with Gasteiger partial charge in [-0.25, -0.2) is 0 Å². The van der Waals surface area contributed by atoms with Crippen molar-refractivity contribution in [2.45, 2.75) is 6.54 Å². The predicted molar refractivity (Wildman–Crippen MR) is 106 cm³/mol. The molecule has 0 aromatic heterocycles. The molecule has 2 aromatic rings. The van der Waals surface area contributed by atoms with Gasteiger partial charge in [0.1, 0.15) is 0 Å². The largest absolute Gasteiger partial charge is 0.324 e. The number of hydrogen-bond donors (Lipinski definition) is 1. The van der Waals surface area contributed by atoms with E-state index in [1.165, 1.54) is 5.56 Å². The highest BCUT2D eigenvalue weighted by atomic mass is 79.9. The number of carbonyl (C=O) groups is 1. The molecule has 1 aliphatic rings. The summed E-state index contributed by atoms with van der Waals surface area (Å²) in [6.45, 7) is 5.03. The summed E-state index contributed by atoms with van der Waals surface area (Å²) < 4.78 is 1.15. The van der Waals surface area contributed by atoms with Crippen LogP contribution in [-0.4, -0.2) is 48.4 Å². The Bertz CT molecular complexity index is 732. The molecule has 0 unspecified atom stereocenters. The maximum absolute atomic E-state index is 12.2. The number of nitrogens with one attached hydrogen (secondary N) is 1. The molecule has 1 aliphatic heterocycles. The molecule has 1 heterocycles. The fraction of sp³-hybridized carbons (Fsp3) is 0.316. The van der Waals surface area contributed by atoms with Crippen molar-refractivity contribution < 1.29 is 4.79 Å². The second kappa shape index (κ2) is 8.81. The van der Waals surface area contributed by atoms with E-state index in [0.717, 1.165) is 37.2 Å². The summed E-state index contributed by atoms with van der Waals surface area (Å²) in [5.74, 6) is -0.0210. The van der Waals surface area contributed by atoms with E-state index in [0.29, 0.717) is 17.3 Å². The first-order valence-electron chi connectivity index (χ1n) is 8.34. The molecule has 4 nitrogen and oxygen atoms in total. The minimum Gasteiger partial charge on any atom is -0.324 e. The lowest BCUT2D eigenvalue weighted by Gasteiger charge is -2.34. The first kappa shape index (κ1) is 18.4. The standard InChI is InChI=1S/C19H21BrClN3O/c20-16-6-2-1-5-15(16)13-23-9-11-24(12-10-23)14-19(25)22-18-8-4-3-7-17(18)21/h1-8H,9-14H2,(H,22,25). The average molecular weight is 423 g/mol.